The third kappa shape index (κ3) is 6.37. The minimum Gasteiger partial charge on any atom is -0.367 e. The molecular formula is C23H25BrN6O4S2. The lowest BCUT2D eigenvalue weighted by molar-refractivity contribution is 0.104. The zero-order valence-corrected chi connectivity index (χ0v) is 22.7. The van der Waals surface area contributed by atoms with Crippen LogP contribution in [0.2, 0.25) is 0 Å². The van der Waals surface area contributed by atoms with Gasteiger partial charge in [0.25, 0.3) is 0 Å². The molecule has 0 aliphatic heterocycles. The fourth-order valence-corrected chi connectivity index (χ4v) is 6.29. The zero-order valence-electron chi connectivity index (χ0n) is 19.5. The highest BCUT2D eigenvalue weighted by Gasteiger charge is 2.28. The second-order valence-electron chi connectivity index (χ2n) is 8.61. The summed E-state index contributed by atoms with van der Waals surface area (Å²) < 4.78 is 29.5. The molecule has 10 nitrogen and oxygen atoms in total. The number of rotatable bonds is 10. The van der Waals surface area contributed by atoms with E-state index in [1.807, 2.05) is 23.8 Å². The van der Waals surface area contributed by atoms with E-state index in [1.165, 1.54) is 23.9 Å². The largest absolute Gasteiger partial charge is 0.367 e. The Balaban J connectivity index is 1.50. The number of carbonyl (C=O) groups is 1. The molecule has 0 amide bonds. The summed E-state index contributed by atoms with van der Waals surface area (Å²) in [5.74, 6) is 0.313. The quantitative estimate of drug-likeness (QED) is 0.338. The van der Waals surface area contributed by atoms with Gasteiger partial charge in [-0.1, -0.05) is 6.92 Å². The van der Waals surface area contributed by atoms with E-state index >= 15 is 0 Å². The summed E-state index contributed by atoms with van der Waals surface area (Å²) in [4.78, 5) is 23.5. The lowest BCUT2D eigenvalue weighted by atomic mass is 10.1. The molecule has 3 aromatic rings. The van der Waals surface area contributed by atoms with Crippen LogP contribution < -0.4 is 10.5 Å². The van der Waals surface area contributed by atoms with Crippen LogP contribution >= 0.6 is 27.3 Å². The second-order valence-corrected chi connectivity index (χ2v) is 11.9. The Kier molecular flexibility index (Phi) is 8.21. The van der Waals surface area contributed by atoms with Crippen molar-refractivity contribution in [3.8, 4) is 6.07 Å². The third-order valence-corrected chi connectivity index (χ3v) is 8.29. The molecule has 3 heterocycles. The van der Waals surface area contributed by atoms with Crippen molar-refractivity contribution in [1.82, 2.24) is 14.5 Å². The molecule has 190 valence electrons. The Labute approximate surface area is 221 Å². The van der Waals surface area contributed by atoms with Crippen LogP contribution in [0.4, 0.5) is 5.82 Å². The molecule has 0 aromatic carbocycles. The van der Waals surface area contributed by atoms with Gasteiger partial charge in [-0.05, 0) is 65.2 Å². The van der Waals surface area contributed by atoms with Crippen molar-refractivity contribution >= 4 is 49.2 Å². The van der Waals surface area contributed by atoms with Crippen LogP contribution in [0.1, 0.15) is 57.6 Å². The number of nitrogens with zero attached hydrogens (tertiary/aromatic N) is 4. The molecule has 1 saturated carbocycles. The third-order valence-electron chi connectivity index (χ3n) is 6.07. The Bertz CT molecular complexity index is 1410. The Morgan fingerprint density at radius 2 is 2.22 bits per heavy atom. The first-order valence-electron chi connectivity index (χ1n) is 11.3. The van der Waals surface area contributed by atoms with E-state index in [9.17, 15) is 18.5 Å². The zero-order chi connectivity index (χ0) is 25.9. The molecule has 1 fully saturated rings. The number of aromatic nitrogens is 3. The first-order valence-corrected chi connectivity index (χ1v) is 14.4. The predicted octanol–water partition coefficient (Wildman–Crippen LogP) is 3.62. The van der Waals surface area contributed by atoms with Crippen molar-refractivity contribution in [2.75, 3.05) is 11.9 Å². The molecule has 0 radical (unpaired) electrons. The van der Waals surface area contributed by atoms with Crippen molar-refractivity contribution < 1.29 is 17.4 Å². The van der Waals surface area contributed by atoms with Crippen LogP contribution in [0.15, 0.2) is 35.3 Å². The molecule has 0 unspecified atom stereocenters. The summed E-state index contributed by atoms with van der Waals surface area (Å²) in [7, 11) is -3.97. The number of nitrogens with one attached hydrogen (secondary N) is 1. The number of nitrogens with two attached hydrogens (primary N) is 1. The summed E-state index contributed by atoms with van der Waals surface area (Å²) >= 11 is 4.85. The fourth-order valence-electron chi connectivity index (χ4n) is 4.38. The Hall–Kier alpha value is -2.63. The van der Waals surface area contributed by atoms with Crippen LogP contribution in [0.25, 0.3) is 0 Å². The minimum absolute atomic E-state index is 0.0159. The number of anilines is 1. The summed E-state index contributed by atoms with van der Waals surface area (Å²) in [6.45, 7) is 2.56. The van der Waals surface area contributed by atoms with Gasteiger partial charge in [-0.15, -0.1) is 11.3 Å². The lowest BCUT2D eigenvalue weighted by Gasteiger charge is -2.15. The molecule has 2 atom stereocenters. The highest BCUT2D eigenvalue weighted by molar-refractivity contribution is 9.10. The van der Waals surface area contributed by atoms with Gasteiger partial charge in [0.1, 0.15) is 23.9 Å². The fraction of sp³-hybridized carbons (Fsp3) is 0.391. The number of hydrogen-bond acceptors (Lipinski definition) is 9. The van der Waals surface area contributed by atoms with Crippen molar-refractivity contribution in [3.05, 3.63) is 61.9 Å². The molecule has 0 spiro atoms. The number of halogens is 1. The van der Waals surface area contributed by atoms with E-state index in [1.54, 1.807) is 6.07 Å². The normalized spacial score (nSPS) is 17.7. The second kappa shape index (κ2) is 11.2. The first kappa shape index (κ1) is 26.4. The van der Waals surface area contributed by atoms with E-state index in [0.29, 0.717) is 34.9 Å². The van der Waals surface area contributed by atoms with Gasteiger partial charge in [-0.3, -0.25) is 8.98 Å². The van der Waals surface area contributed by atoms with Crippen LogP contribution in [-0.4, -0.2) is 41.4 Å². The van der Waals surface area contributed by atoms with E-state index in [4.69, 9.17) is 9.32 Å². The number of carbonyl (C=O) groups excluding carboxylic acids is 1. The van der Waals surface area contributed by atoms with Crippen LogP contribution in [-0.2, 0) is 27.5 Å². The summed E-state index contributed by atoms with van der Waals surface area (Å²) in [5.41, 5.74) is 1.90. The maximum absolute atomic E-state index is 13.5. The molecular weight excluding hydrogens is 568 g/mol. The smallest absolute Gasteiger partial charge is 0.333 e. The molecule has 4 rings (SSSR count). The molecule has 13 heteroatoms. The standard InChI is InChI=1S/C23H25BrN6O4S2/c1-2-20-15(10-30-11-16(24)7-18(30)8-25)6-21(35-20)22(31)19-9-27-13-28-23(19)29-17-4-3-14(5-17)12-34-36(26,32)33/h6-7,9,11,13-14,17H,2-5,10,12H2,1H3,(H2,26,32,33)(H,27,28,29)/t14-,17+/m1/s1. The Morgan fingerprint density at radius 3 is 2.94 bits per heavy atom. The number of hydrogen-bond donors (Lipinski definition) is 2. The SMILES string of the molecule is CCc1sc(C(=O)c2cncnc2N[C@H]2CC[C@@H](COS(N)(=O)=O)C2)cc1Cn1cc(Br)cc1C#N. The van der Waals surface area contributed by atoms with Gasteiger partial charge in [0.15, 0.2) is 0 Å². The number of ketones is 1. The summed E-state index contributed by atoms with van der Waals surface area (Å²) in [5, 5.41) is 17.7. The van der Waals surface area contributed by atoms with Crippen molar-refractivity contribution in [2.45, 2.75) is 45.2 Å². The number of aryl methyl sites for hydroxylation is 1. The van der Waals surface area contributed by atoms with Gasteiger partial charge in [0, 0.05) is 34.3 Å². The summed E-state index contributed by atoms with van der Waals surface area (Å²) in [6, 6.07) is 5.85. The molecule has 1 aliphatic rings. The molecule has 0 bridgehead atoms. The highest BCUT2D eigenvalue weighted by Crippen LogP contribution is 2.31. The average Bonchev–Trinajstić information content (AvgIpc) is 3.55. The van der Waals surface area contributed by atoms with Crippen molar-refractivity contribution in [3.63, 3.8) is 0 Å². The molecule has 3 N–H and O–H groups in total. The molecule has 3 aromatic heterocycles. The highest BCUT2D eigenvalue weighted by atomic mass is 79.9. The monoisotopic (exact) mass is 592 g/mol. The maximum Gasteiger partial charge on any atom is 0.333 e. The molecule has 1 aliphatic carbocycles. The van der Waals surface area contributed by atoms with E-state index < -0.39 is 10.3 Å². The first-order chi connectivity index (χ1) is 17.2. The molecule has 36 heavy (non-hydrogen) atoms. The molecule has 0 saturated heterocycles. The van der Waals surface area contributed by atoms with Crippen molar-refractivity contribution in [2.24, 2.45) is 11.1 Å². The van der Waals surface area contributed by atoms with Gasteiger partial charge >= 0.3 is 10.3 Å². The van der Waals surface area contributed by atoms with Crippen molar-refractivity contribution in [1.29, 1.82) is 5.26 Å². The predicted molar refractivity (Wildman–Crippen MR) is 139 cm³/mol. The number of nitriles is 1. The average molecular weight is 594 g/mol. The lowest BCUT2D eigenvalue weighted by Crippen LogP contribution is -2.22. The Morgan fingerprint density at radius 1 is 1.42 bits per heavy atom. The van der Waals surface area contributed by atoms with Crippen LogP contribution in [0.3, 0.4) is 0 Å². The summed E-state index contributed by atoms with van der Waals surface area (Å²) in [6.07, 6.45) is 7.74. The van der Waals surface area contributed by atoms with Gasteiger partial charge in [-0.2, -0.15) is 13.7 Å². The van der Waals surface area contributed by atoms with Crippen LogP contribution in [0.5, 0.6) is 0 Å². The maximum atomic E-state index is 13.5. The van der Waals surface area contributed by atoms with E-state index in [-0.39, 0.29) is 24.3 Å². The van der Waals surface area contributed by atoms with E-state index in [2.05, 4.69) is 37.3 Å². The van der Waals surface area contributed by atoms with Gasteiger partial charge in [0.05, 0.1) is 17.0 Å². The van der Waals surface area contributed by atoms with Gasteiger partial charge in [-0.25, -0.2) is 15.1 Å². The number of thiophene rings is 1. The van der Waals surface area contributed by atoms with E-state index in [0.717, 1.165) is 34.2 Å². The van der Waals surface area contributed by atoms with Gasteiger partial charge in [0.2, 0.25) is 5.78 Å². The van der Waals surface area contributed by atoms with Crippen LogP contribution in [0, 0.1) is 17.2 Å². The topological polar surface area (TPSA) is 153 Å². The van der Waals surface area contributed by atoms with Gasteiger partial charge < -0.3 is 9.88 Å². The minimum atomic E-state index is -3.97.